The first kappa shape index (κ1) is 14.1. The number of hydrogen-bond acceptors (Lipinski definition) is 3. The molecule has 2 N–H and O–H groups in total. The van der Waals surface area contributed by atoms with Crippen molar-refractivity contribution in [2.24, 2.45) is 0 Å². The second-order valence-electron chi connectivity index (χ2n) is 4.45. The molecule has 0 saturated heterocycles. The van der Waals surface area contributed by atoms with E-state index in [0.717, 1.165) is 11.1 Å². The fourth-order valence-corrected chi connectivity index (χ4v) is 1.89. The second-order valence-corrected chi connectivity index (χ2v) is 4.45. The zero-order valence-electron chi connectivity index (χ0n) is 11.2. The summed E-state index contributed by atoms with van der Waals surface area (Å²) in [5.41, 5.74) is 1.85. The number of aliphatic hydroxyl groups excluding tert-OH is 1. The average Bonchev–Trinajstić information content (AvgIpc) is 2.99. The molecule has 0 bridgehead atoms. The molecule has 20 heavy (non-hydrogen) atoms. The van der Waals surface area contributed by atoms with Gasteiger partial charge in [-0.05, 0) is 30.2 Å². The fraction of sp³-hybridized carbons (Fsp3) is 0.188. The van der Waals surface area contributed by atoms with Gasteiger partial charge in [0.25, 0.3) is 0 Å². The van der Waals surface area contributed by atoms with Crippen molar-refractivity contribution in [3.05, 3.63) is 66.1 Å². The number of aliphatic hydroxyl groups is 1. The number of amides is 1. The third kappa shape index (κ3) is 3.59. The van der Waals surface area contributed by atoms with Crippen LogP contribution < -0.4 is 5.32 Å². The lowest BCUT2D eigenvalue weighted by Gasteiger charge is -2.12. The van der Waals surface area contributed by atoms with E-state index in [1.807, 2.05) is 37.3 Å². The molecule has 0 fully saturated rings. The molecule has 0 aliphatic heterocycles. The monoisotopic (exact) mass is 271 g/mol. The van der Waals surface area contributed by atoms with Gasteiger partial charge in [-0.25, -0.2) is 0 Å². The maximum Gasteiger partial charge on any atom is 0.244 e. The van der Waals surface area contributed by atoms with Gasteiger partial charge >= 0.3 is 0 Å². The molecule has 0 aliphatic carbocycles. The molecule has 0 aliphatic rings. The smallest absolute Gasteiger partial charge is 0.244 e. The van der Waals surface area contributed by atoms with Crippen molar-refractivity contribution in [2.45, 2.75) is 13.0 Å². The Labute approximate surface area is 117 Å². The Bertz CT molecular complexity index is 573. The van der Waals surface area contributed by atoms with Crippen LogP contribution in [0.1, 0.15) is 24.3 Å². The summed E-state index contributed by atoms with van der Waals surface area (Å²) < 4.78 is 5.18. The van der Waals surface area contributed by atoms with Crippen LogP contribution in [0.15, 0.2) is 59.2 Å². The van der Waals surface area contributed by atoms with Gasteiger partial charge in [-0.2, -0.15) is 0 Å². The fourth-order valence-electron chi connectivity index (χ4n) is 1.89. The topological polar surface area (TPSA) is 62.5 Å². The number of benzene rings is 1. The SMILES string of the molecule is C/C(=C/C(=O)NC(CO)c1ccco1)c1ccccc1. The zero-order chi connectivity index (χ0) is 14.4. The van der Waals surface area contributed by atoms with Crippen LogP contribution in [0.3, 0.4) is 0 Å². The Morgan fingerprint density at radius 2 is 2.05 bits per heavy atom. The summed E-state index contributed by atoms with van der Waals surface area (Å²) in [5.74, 6) is 0.272. The molecule has 4 nitrogen and oxygen atoms in total. The number of furan rings is 1. The minimum Gasteiger partial charge on any atom is -0.467 e. The molecule has 1 heterocycles. The predicted molar refractivity (Wildman–Crippen MR) is 76.8 cm³/mol. The van der Waals surface area contributed by atoms with E-state index in [1.165, 1.54) is 12.3 Å². The molecule has 0 saturated carbocycles. The van der Waals surface area contributed by atoms with Crippen LogP contribution >= 0.6 is 0 Å². The maximum absolute atomic E-state index is 12.0. The zero-order valence-corrected chi connectivity index (χ0v) is 11.2. The molecule has 1 amide bonds. The Kier molecular flexibility index (Phi) is 4.74. The highest BCUT2D eigenvalue weighted by atomic mass is 16.3. The largest absolute Gasteiger partial charge is 0.467 e. The van der Waals surface area contributed by atoms with Crippen molar-refractivity contribution in [1.29, 1.82) is 0 Å². The number of carbonyl (C=O) groups is 1. The van der Waals surface area contributed by atoms with Gasteiger partial charge in [-0.3, -0.25) is 4.79 Å². The second kappa shape index (κ2) is 6.73. The lowest BCUT2D eigenvalue weighted by atomic mass is 10.1. The molecule has 104 valence electrons. The van der Waals surface area contributed by atoms with Gasteiger partial charge in [-0.1, -0.05) is 30.3 Å². The summed E-state index contributed by atoms with van der Waals surface area (Å²) in [6.07, 6.45) is 3.02. The molecule has 2 rings (SSSR count). The number of hydrogen-bond donors (Lipinski definition) is 2. The Hall–Kier alpha value is -2.33. The average molecular weight is 271 g/mol. The van der Waals surface area contributed by atoms with Crippen LogP contribution in [-0.4, -0.2) is 17.6 Å². The normalized spacial score (nSPS) is 13.0. The van der Waals surface area contributed by atoms with Crippen LogP contribution in [0.4, 0.5) is 0 Å². The quantitative estimate of drug-likeness (QED) is 0.821. The molecule has 1 atom stereocenters. The molecular formula is C16H17NO3. The van der Waals surface area contributed by atoms with Gasteiger partial charge in [0.15, 0.2) is 0 Å². The van der Waals surface area contributed by atoms with Crippen molar-refractivity contribution < 1.29 is 14.3 Å². The first-order chi connectivity index (χ1) is 9.70. The number of rotatable bonds is 5. The van der Waals surface area contributed by atoms with Crippen molar-refractivity contribution in [1.82, 2.24) is 5.32 Å². The van der Waals surface area contributed by atoms with Crippen molar-refractivity contribution in [3.8, 4) is 0 Å². The van der Waals surface area contributed by atoms with Crippen LogP contribution in [0.5, 0.6) is 0 Å². The summed E-state index contributed by atoms with van der Waals surface area (Å²) in [4.78, 5) is 12.0. The van der Waals surface area contributed by atoms with Gasteiger partial charge in [0.05, 0.1) is 12.9 Å². The highest BCUT2D eigenvalue weighted by Gasteiger charge is 2.15. The van der Waals surface area contributed by atoms with E-state index in [0.29, 0.717) is 5.76 Å². The van der Waals surface area contributed by atoms with E-state index in [4.69, 9.17) is 4.42 Å². The lowest BCUT2D eigenvalue weighted by molar-refractivity contribution is -0.117. The highest BCUT2D eigenvalue weighted by Crippen LogP contribution is 2.15. The first-order valence-electron chi connectivity index (χ1n) is 6.39. The lowest BCUT2D eigenvalue weighted by Crippen LogP contribution is -2.29. The maximum atomic E-state index is 12.0. The van der Waals surface area contributed by atoms with Crippen LogP contribution in [0.2, 0.25) is 0 Å². The molecule has 0 radical (unpaired) electrons. The van der Waals surface area contributed by atoms with E-state index in [9.17, 15) is 9.90 Å². The minimum absolute atomic E-state index is 0.211. The van der Waals surface area contributed by atoms with E-state index in [2.05, 4.69) is 5.32 Å². The van der Waals surface area contributed by atoms with Gasteiger partial charge in [-0.15, -0.1) is 0 Å². The highest BCUT2D eigenvalue weighted by molar-refractivity contribution is 5.95. The molecule has 2 aromatic rings. The molecule has 1 unspecified atom stereocenters. The number of carbonyl (C=O) groups excluding carboxylic acids is 1. The van der Waals surface area contributed by atoms with Gasteiger partial charge in [0, 0.05) is 6.08 Å². The van der Waals surface area contributed by atoms with Crippen molar-refractivity contribution in [3.63, 3.8) is 0 Å². The Morgan fingerprint density at radius 3 is 2.65 bits per heavy atom. The van der Waals surface area contributed by atoms with E-state index >= 15 is 0 Å². The summed E-state index contributed by atoms with van der Waals surface area (Å²) in [6.45, 7) is 1.66. The molecular weight excluding hydrogens is 254 g/mol. The molecule has 0 spiro atoms. The Morgan fingerprint density at radius 1 is 1.30 bits per heavy atom. The van der Waals surface area contributed by atoms with Gasteiger partial charge < -0.3 is 14.8 Å². The van der Waals surface area contributed by atoms with Crippen molar-refractivity contribution in [2.75, 3.05) is 6.61 Å². The molecule has 1 aromatic heterocycles. The van der Waals surface area contributed by atoms with Gasteiger partial charge in [0.2, 0.25) is 5.91 Å². The van der Waals surface area contributed by atoms with Crippen LogP contribution in [0.25, 0.3) is 5.57 Å². The van der Waals surface area contributed by atoms with Crippen LogP contribution in [-0.2, 0) is 4.79 Å². The summed E-state index contributed by atoms with van der Waals surface area (Å²) in [6, 6.07) is 12.6. The predicted octanol–water partition coefficient (Wildman–Crippen LogP) is 2.53. The molecule has 4 heteroatoms. The number of allylic oxidation sites excluding steroid dienone is 1. The molecule has 1 aromatic carbocycles. The van der Waals surface area contributed by atoms with Crippen LogP contribution in [0, 0.1) is 0 Å². The third-order valence-corrected chi connectivity index (χ3v) is 2.96. The minimum atomic E-state index is -0.530. The summed E-state index contributed by atoms with van der Waals surface area (Å²) >= 11 is 0. The standard InChI is InChI=1S/C16H17NO3/c1-12(13-6-3-2-4-7-13)10-16(19)17-14(11-18)15-8-5-9-20-15/h2-10,14,18H,11H2,1H3,(H,17,19)/b12-10-. The van der Waals surface area contributed by atoms with E-state index < -0.39 is 6.04 Å². The van der Waals surface area contributed by atoms with Crippen molar-refractivity contribution >= 4 is 11.5 Å². The van der Waals surface area contributed by atoms with E-state index in [1.54, 1.807) is 12.1 Å². The van der Waals surface area contributed by atoms with Gasteiger partial charge in [0.1, 0.15) is 11.8 Å². The number of nitrogens with one attached hydrogen (secondary N) is 1. The first-order valence-corrected chi connectivity index (χ1v) is 6.39. The summed E-state index contributed by atoms with van der Waals surface area (Å²) in [7, 11) is 0. The summed E-state index contributed by atoms with van der Waals surface area (Å²) in [5, 5.41) is 12.0. The third-order valence-electron chi connectivity index (χ3n) is 2.96. The Balaban J connectivity index is 2.05. The van der Waals surface area contributed by atoms with E-state index in [-0.39, 0.29) is 12.5 Å².